The minimum atomic E-state index is -0.934. The number of rotatable bonds is 2. The third-order valence-corrected chi connectivity index (χ3v) is 2.91. The number of aryl methyl sites for hydroxylation is 1. The van der Waals surface area contributed by atoms with E-state index >= 15 is 0 Å². The van der Waals surface area contributed by atoms with Gasteiger partial charge in [-0.2, -0.15) is 0 Å². The minimum absolute atomic E-state index is 0.282. The molecule has 86 valence electrons. The Hall–Kier alpha value is -1.68. The third kappa shape index (κ3) is 2.53. The van der Waals surface area contributed by atoms with Crippen molar-refractivity contribution in [1.82, 2.24) is 4.98 Å². The van der Waals surface area contributed by atoms with Crippen LogP contribution >= 0.6 is 15.9 Å². The summed E-state index contributed by atoms with van der Waals surface area (Å²) < 4.78 is 0.754. The van der Waals surface area contributed by atoms with Crippen molar-refractivity contribution in [3.63, 3.8) is 0 Å². The number of pyridine rings is 1. The second kappa shape index (κ2) is 4.67. The van der Waals surface area contributed by atoms with Gasteiger partial charge in [0, 0.05) is 16.4 Å². The molecule has 0 unspecified atom stereocenters. The molecule has 2 rings (SSSR count). The van der Waals surface area contributed by atoms with E-state index in [2.05, 4.69) is 20.9 Å². The highest BCUT2D eigenvalue weighted by atomic mass is 79.9. The molecule has 0 aliphatic carbocycles. The summed E-state index contributed by atoms with van der Waals surface area (Å²) in [6, 6.07) is 8.91. The van der Waals surface area contributed by atoms with Crippen LogP contribution in [0.2, 0.25) is 0 Å². The second-order valence-electron chi connectivity index (χ2n) is 3.68. The van der Waals surface area contributed by atoms with Crippen LogP contribution in [0.5, 0.6) is 0 Å². The van der Waals surface area contributed by atoms with Crippen molar-refractivity contribution >= 4 is 21.9 Å². The lowest BCUT2D eigenvalue weighted by molar-refractivity contribution is 0.0697. The zero-order valence-corrected chi connectivity index (χ0v) is 10.7. The van der Waals surface area contributed by atoms with E-state index in [1.807, 2.05) is 25.1 Å². The Balaban J connectivity index is 2.63. The zero-order chi connectivity index (χ0) is 12.4. The highest BCUT2D eigenvalue weighted by molar-refractivity contribution is 9.10. The molecule has 0 amide bonds. The number of aromatic nitrogens is 1. The van der Waals surface area contributed by atoms with Crippen molar-refractivity contribution in [1.29, 1.82) is 0 Å². The monoisotopic (exact) mass is 291 g/mol. The second-order valence-corrected chi connectivity index (χ2v) is 4.60. The first kappa shape index (κ1) is 11.8. The lowest BCUT2D eigenvalue weighted by Crippen LogP contribution is -1.99. The van der Waals surface area contributed by atoms with E-state index in [-0.39, 0.29) is 5.56 Å². The molecule has 1 N–H and O–H groups in total. The van der Waals surface area contributed by atoms with Crippen LogP contribution in [0.15, 0.2) is 41.0 Å². The average molecular weight is 292 g/mol. The van der Waals surface area contributed by atoms with E-state index in [1.165, 1.54) is 0 Å². The van der Waals surface area contributed by atoms with Crippen molar-refractivity contribution in [3.05, 3.63) is 52.3 Å². The zero-order valence-electron chi connectivity index (χ0n) is 9.14. The number of hydrogen-bond donors (Lipinski definition) is 1. The van der Waals surface area contributed by atoms with E-state index < -0.39 is 5.97 Å². The molecule has 2 aromatic rings. The molecule has 3 nitrogen and oxygen atoms in total. The molecule has 0 atom stereocenters. The van der Waals surface area contributed by atoms with Crippen LogP contribution in [0, 0.1) is 6.92 Å². The summed E-state index contributed by atoms with van der Waals surface area (Å²) in [7, 11) is 0. The molecule has 17 heavy (non-hydrogen) atoms. The molecule has 0 aliphatic rings. The smallest absolute Gasteiger partial charge is 0.336 e. The van der Waals surface area contributed by atoms with E-state index in [0.717, 1.165) is 15.7 Å². The molecular weight excluding hydrogens is 282 g/mol. The molecule has 1 aromatic carbocycles. The Labute approximate surface area is 107 Å². The van der Waals surface area contributed by atoms with Crippen LogP contribution in [0.1, 0.15) is 16.1 Å². The summed E-state index contributed by atoms with van der Waals surface area (Å²) in [6.45, 7) is 1.88. The van der Waals surface area contributed by atoms with E-state index in [4.69, 9.17) is 0 Å². The molecule has 0 aliphatic heterocycles. The Morgan fingerprint density at radius 3 is 2.71 bits per heavy atom. The standard InChI is InChI=1S/C13H10BrNO2/c1-8-6-9(4-5-15-8)11-3-2-10(14)7-12(11)13(16)17/h2-7H,1H3,(H,16,17). The maximum atomic E-state index is 11.2. The Bertz CT molecular complexity index is 581. The summed E-state index contributed by atoms with van der Waals surface area (Å²) in [5, 5.41) is 9.18. The lowest BCUT2D eigenvalue weighted by Gasteiger charge is -2.07. The Morgan fingerprint density at radius 1 is 1.29 bits per heavy atom. The van der Waals surface area contributed by atoms with Crippen LogP contribution in [0.3, 0.4) is 0 Å². The number of hydrogen-bond acceptors (Lipinski definition) is 2. The van der Waals surface area contributed by atoms with Crippen LogP contribution in [0.25, 0.3) is 11.1 Å². The van der Waals surface area contributed by atoms with Gasteiger partial charge in [-0.25, -0.2) is 4.79 Å². The van der Waals surface area contributed by atoms with Gasteiger partial charge in [-0.1, -0.05) is 22.0 Å². The summed E-state index contributed by atoms with van der Waals surface area (Å²) in [6.07, 6.45) is 1.68. The van der Waals surface area contributed by atoms with Crippen LogP contribution in [-0.2, 0) is 0 Å². The maximum absolute atomic E-state index is 11.2. The van der Waals surface area contributed by atoms with Gasteiger partial charge in [0.2, 0.25) is 0 Å². The van der Waals surface area contributed by atoms with E-state index in [0.29, 0.717) is 5.56 Å². The predicted octanol–water partition coefficient (Wildman–Crippen LogP) is 3.52. The average Bonchev–Trinajstić information content (AvgIpc) is 2.28. The number of carboxylic acids is 1. The molecule has 0 bridgehead atoms. The van der Waals surface area contributed by atoms with Gasteiger partial charge < -0.3 is 5.11 Å². The lowest BCUT2D eigenvalue weighted by atomic mass is 10.0. The number of carboxylic acid groups (broad SMARTS) is 1. The van der Waals surface area contributed by atoms with Crippen LogP contribution in [0.4, 0.5) is 0 Å². The topological polar surface area (TPSA) is 50.2 Å². The summed E-state index contributed by atoms with van der Waals surface area (Å²) in [5.41, 5.74) is 2.71. The van der Waals surface area contributed by atoms with Gasteiger partial charge in [0.25, 0.3) is 0 Å². The van der Waals surface area contributed by atoms with Crippen molar-refractivity contribution in [3.8, 4) is 11.1 Å². The van der Waals surface area contributed by atoms with Gasteiger partial charge in [0.1, 0.15) is 0 Å². The summed E-state index contributed by atoms with van der Waals surface area (Å²) in [5.74, 6) is -0.934. The fraction of sp³-hybridized carbons (Fsp3) is 0.0769. The number of aromatic carboxylic acids is 1. The third-order valence-electron chi connectivity index (χ3n) is 2.42. The largest absolute Gasteiger partial charge is 0.478 e. The van der Waals surface area contributed by atoms with Gasteiger partial charge in [-0.3, -0.25) is 4.98 Å². The normalized spacial score (nSPS) is 10.2. The molecule has 1 heterocycles. The highest BCUT2D eigenvalue weighted by Crippen LogP contribution is 2.26. The summed E-state index contributed by atoms with van der Waals surface area (Å²) >= 11 is 3.28. The Kier molecular flexibility index (Phi) is 3.24. The first-order chi connectivity index (χ1) is 8.08. The highest BCUT2D eigenvalue weighted by Gasteiger charge is 2.12. The molecule has 0 radical (unpaired) electrons. The summed E-state index contributed by atoms with van der Waals surface area (Å²) in [4.78, 5) is 15.3. The SMILES string of the molecule is Cc1cc(-c2ccc(Br)cc2C(=O)O)ccn1. The van der Waals surface area contributed by atoms with Gasteiger partial charge in [-0.15, -0.1) is 0 Å². The van der Waals surface area contributed by atoms with Gasteiger partial charge in [0.05, 0.1) is 5.56 Å². The fourth-order valence-electron chi connectivity index (χ4n) is 1.66. The first-order valence-electron chi connectivity index (χ1n) is 5.04. The van der Waals surface area contributed by atoms with Gasteiger partial charge in [-0.05, 0) is 42.3 Å². The van der Waals surface area contributed by atoms with Gasteiger partial charge in [0.15, 0.2) is 0 Å². The number of nitrogens with zero attached hydrogens (tertiary/aromatic N) is 1. The molecular formula is C13H10BrNO2. The quantitative estimate of drug-likeness (QED) is 0.921. The number of benzene rings is 1. The maximum Gasteiger partial charge on any atom is 0.336 e. The predicted molar refractivity (Wildman–Crippen MR) is 69.1 cm³/mol. The minimum Gasteiger partial charge on any atom is -0.478 e. The molecule has 1 aromatic heterocycles. The van der Waals surface area contributed by atoms with Crippen molar-refractivity contribution < 1.29 is 9.90 Å². The fourth-order valence-corrected chi connectivity index (χ4v) is 2.02. The molecule has 0 saturated heterocycles. The van der Waals surface area contributed by atoms with Crippen LogP contribution < -0.4 is 0 Å². The molecule has 0 spiro atoms. The van der Waals surface area contributed by atoms with Crippen LogP contribution in [-0.4, -0.2) is 16.1 Å². The first-order valence-corrected chi connectivity index (χ1v) is 5.83. The van der Waals surface area contributed by atoms with E-state index in [1.54, 1.807) is 18.3 Å². The molecule has 4 heteroatoms. The van der Waals surface area contributed by atoms with Crippen molar-refractivity contribution in [2.24, 2.45) is 0 Å². The molecule has 0 saturated carbocycles. The van der Waals surface area contributed by atoms with E-state index in [9.17, 15) is 9.90 Å². The number of halogens is 1. The number of carbonyl (C=O) groups is 1. The van der Waals surface area contributed by atoms with Gasteiger partial charge >= 0.3 is 5.97 Å². The Morgan fingerprint density at radius 2 is 2.06 bits per heavy atom. The molecule has 0 fully saturated rings. The van der Waals surface area contributed by atoms with Crippen molar-refractivity contribution in [2.45, 2.75) is 6.92 Å². The van der Waals surface area contributed by atoms with Crippen molar-refractivity contribution in [2.75, 3.05) is 0 Å².